The van der Waals surface area contributed by atoms with Crippen molar-refractivity contribution in [3.05, 3.63) is 50.5 Å². The third kappa shape index (κ3) is 5.04. The number of carboxylic acid groups (broad SMARTS) is 1. The van der Waals surface area contributed by atoms with Crippen LogP contribution in [0.2, 0.25) is 0 Å². The normalized spacial score (nSPS) is 11.0. The standard InChI is InChI=1S/C16H15Br2N3O3/c1-9(2)24-15-12(17)5-10(6-13(15)18)7-20-21-14-4-3-11(8-19-14)16(22)23/h3-9H,1-2H3,(H,19,21)(H,22,23)/b20-7+. The highest BCUT2D eigenvalue weighted by atomic mass is 79.9. The Morgan fingerprint density at radius 3 is 2.50 bits per heavy atom. The molecule has 1 aromatic carbocycles. The molecule has 1 heterocycles. The summed E-state index contributed by atoms with van der Waals surface area (Å²) in [6.07, 6.45) is 2.96. The largest absolute Gasteiger partial charge is 0.489 e. The zero-order chi connectivity index (χ0) is 17.7. The van der Waals surface area contributed by atoms with E-state index in [0.717, 1.165) is 20.3 Å². The van der Waals surface area contributed by atoms with E-state index in [4.69, 9.17) is 9.84 Å². The molecule has 2 aromatic rings. The highest BCUT2D eigenvalue weighted by Crippen LogP contribution is 2.35. The number of carbonyl (C=O) groups is 1. The molecule has 126 valence electrons. The average Bonchev–Trinajstić information content (AvgIpc) is 2.51. The van der Waals surface area contributed by atoms with E-state index >= 15 is 0 Å². The van der Waals surface area contributed by atoms with Crippen LogP contribution in [0.5, 0.6) is 5.75 Å². The number of hydrazone groups is 1. The van der Waals surface area contributed by atoms with Crippen LogP contribution in [0.25, 0.3) is 0 Å². The minimum absolute atomic E-state index is 0.0682. The summed E-state index contributed by atoms with van der Waals surface area (Å²) in [7, 11) is 0. The van der Waals surface area contributed by atoms with Crippen LogP contribution in [-0.2, 0) is 0 Å². The topological polar surface area (TPSA) is 83.8 Å². The molecule has 1 aromatic heterocycles. The molecule has 0 bridgehead atoms. The SMILES string of the molecule is CC(C)Oc1c(Br)cc(/C=N/Nc2ccc(C(=O)O)cn2)cc1Br. The molecule has 6 nitrogen and oxygen atoms in total. The molecule has 0 aliphatic rings. The summed E-state index contributed by atoms with van der Waals surface area (Å²) in [5.74, 6) is 0.172. The van der Waals surface area contributed by atoms with Crippen LogP contribution in [0.1, 0.15) is 29.8 Å². The van der Waals surface area contributed by atoms with Crippen LogP contribution in [0.15, 0.2) is 44.5 Å². The number of aromatic carboxylic acids is 1. The number of aromatic nitrogens is 1. The zero-order valence-corrected chi connectivity index (χ0v) is 16.1. The molecule has 0 amide bonds. The summed E-state index contributed by atoms with van der Waals surface area (Å²) in [6, 6.07) is 6.77. The Labute approximate surface area is 156 Å². The van der Waals surface area contributed by atoms with Crippen molar-refractivity contribution in [1.82, 2.24) is 4.98 Å². The molecule has 0 fully saturated rings. The number of pyridine rings is 1. The number of hydrogen-bond acceptors (Lipinski definition) is 5. The molecule has 0 aliphatic carbocycles. The number of hydrogen-bond donors (Lipinski definition) is 2. The van der Waals surface area contributed by atoms with Crippen LogP contribution in [-0.4, -0.2) is 28.4 Å². The Morgan fingerprint density at radius 1 is 1.33 bits per heavy atom. The lowest BCUT2D eigenvalue weighted by atomic mass is 10.2. The molecule has 0 radical (unpaired) electrons. The van der Waals surface area contributed by atoms with Crippen molar-refractivity contribution in [2.24, 2.45) is 5.10 Å². The Bertz CT molecular complexity index is 739. The van der Waals surface area contributed by atoms with Gasteiger partial charge in [0.2, 0.25) is 0 Å². The summed E-state index contributed by atoms with van der Waals surface area (Å²) >= 11 is 6.96. The average molecular weight is 457 g/mol. The van der Waals surface area contributed by atoms with E-state index in [1.807, 2.05) is 26.0 Å². The first-order valence-electron chi connectivity index (χ1n) is 7.01. The minimum atomic E-state index is -1.02. The van der Waals surface area contributed by atoms with Crippen LogP contribution in [0.3, 0.4) is 0 Å². The summed E-state index contributed by atoms with van der Waals surface area (Å²) in [4.78, 5) is 14.7. The summed E-state index contributed by atoms with van der Waals surface area (Å²) in [6.45, 7) is 3.92. The number of anilines is 1. The predicted octanol–water partition coefficient (Wildman–Crippen LogP) is 4.54. The van der Waals surface area contributed by atoms with Gasteiger partial charge >= 0.3 is 5.97 Å². The molecule has 0 atom stereocenters. The van der Waals surface area contributed by atoms with Gasteiger partial charge < -0.3 is 9.84 Å². The molecular formula is C16H15Br2N3O3. The van der Waals surface area contributed by atoms with E-state index < -0.39 is 5.97 Å². The van der Waals surface area contributed by atoms with E-state index in [2.05, 4.69) is 47.4 Å². The van der Waals surface area contributed by atoms with Gasteiger partial charge in [-0.25, -0.2) is 9.78 Å². The molecule has 0 spiro atoms. The second kappa shape index (κ2) is 8.25. The smallest absolute Gasteiger partial charge is 0.337 e. The van der Waals surface area contributed by atoms with Gasteiger partial charge in [0.05, 0.1) is 26.8 Å². The Balaban J connectivity index is 2.07. The number of nitrogens with zero attached hydrogens (tertiary/aromatic N) is 2. The van der Waals surface area contributed by atoms with Crippen molar-refractivity contribution >= 4 is 49.9 Å². The number of benzene rings is 1. The van der Waals surface area contributed by atoms with Crippen molar-refractivity contribution < 1.29 is 14.6 Å². The number of ether oxygens (including phenoxy) is 1. The highest BCUT2D eigenvalue weighted by molar-refractivity contribution is 9.11. The summed E-state index contributed by atoms with van der Waals surface area (Å²) in [5.41, 5.74) is 3.72. The van der Waals surface area contributed by atoms with Crippen molar-refractivity contribution in [1.29, 1.82) is 0 Å². The third-order valence-corrected chi connectivity index (χ3v) is 3.96. The first-order chi connectivity index (χ1) is 11.4. The van der Waals surface area contributed by atoms with Gasteiger partial charge in [-0.3, -0.25) is 5.43 Å². The maximum Gasteiger partial charge on any atom is 0.337 e. The van der Waals surface area contributed by atoms with E-state index in [0.29, 0.717) is 5.82 Å². The van der Waals surface area contributed by atoms with Crippen LogP contribution in [0.4, 0.5) is 5.82 Å². The lowest BCUT2D eigenvalue weighted by molar-refractivity contribution is 0.0696. The van der Waals surface area contributed by atoms with Gasteiger partial charge in [-0.05, 0) is 75.5 Å². The van der Waals surface area contributed by atoms with Crippen molar-refractivity contribution in [2.75, 3.05) is 5.43 Å². The van der Waals surface area contributed by atoms with Gasteiger partial charge in [0.25, 0.3) is 0 Å². The van der Waals surface area contributed by atoms with Gasteiger partial charge in [0, 0.05) is 6.20 Å². The lowest BCUT2D eigenvalue weighted by Crippen LogP contribution is -2.06. The number of nitrogens with one attached hydrogen (secondary N) is 1. The number of halogens is 2. The van der Waals surface area contributed by atoms with E-state index in [-0.39, 0.29) is 11.7 Å². The van der Waals surface area contributed by atoms with Crippen LogP contribution < -0.4 is 10.2 Å². The highest BCUT2D eigenvalue weighted by Gasteiger charge is 2.10. The fraction of sp³-hybridized carbons (Fsp3) is 0.188. The van der Waals surface area contributed by atoms with Gasteiger partial charge in [0.1, 0.15) is 11.6 Å². The molecule has 0 saturated carbocycles. The number of rotatable bonds is 6. The fourth-order valence-electron chi connectivity index (χ4n) is 1.76. The molecular weight excluding hydrogens is 442 g/mol. The summed E-state index contributed by atoms with van der Waals surface area (Å²) in [5, 5.41) is 12.9. The third-order valence-electron chi connectivity index (χ3n) is 2.78. The van der Waals surface area contributed by atoms with E-state index in [1.165, 1.54) is 12.3 Å². The van der Waals surface area contributed by atoms with Crippen molar-refractivity contribution in [3.8, 4) is 5.75 Å². The maximum absolute atomic E-state index is 10.8. The summed E-state index contributed by atoms with van der Waals surface area (Å²) < 4.78 is 7.35. The molecule has 0 aliphatic heterocycles. The monoisotopic (exact) mass is 455 g/mol. The Kier molecular flexibility index (Phi) is 6.33. The molecule has 24 heavy (non-hydrogen) atoms. The van der Waals surface area contributed by atoms with Gasteiger partial charge in [-0.2, -0.15) is 5.10 Å². The Hall–Kier alpha value is -1.93. The minimum Gasteiger partial charge on any atom is -0.489 e. The first-order valence-corrected chi connectivity index (χ1v) is 8.59. The van der Waals surface area contributed by atoms with Crippen molar-refractivity contribution in [3.63, 3.8) is 0 Å². The van der Waals surface area contributed by atoms with E-state index in [9.17, 15) is 4.79 Å². The molecule has 2 N–H and O–H groups in total. The lowest BCUT2D eigenvalue weighted by Gasteiger charge is -2.13. The number of carboxylic acids is 1. The van der Waals surface area contributed by atoms with Gasteiger partial charge in [-0.15, -0.1) is 0 Å². The predicted molar refractivity (Wildman–Crippen MR) is 100 cm³/mol. The fourth-order valence-corrected chi connectivity index (χ4v) is 3.17. The maximum atomic E-state index is 10.8. The second-order valence-electron chi connectivity index (χ2n) is 5.09. The van der Waals surface area contributed by atoms with Gasteiger partial charge in [0.15, 0.2) is 0 Å². The molecule has 0 saturated heterocycles. The second-order valence-corrected chi connectivity index (χ2v) is 6.80. The van der Waals surface area contributed by atoms with Crippen LogP contribution >= 0.6 is 31.9 Å². The van der Waals surface area contributed by atoms with Gasteiger partial charge in [-0.1, -0.05) is 0 Å². The van der Waals surface area contributed by atoms with Crippen molar-refractivity contribution in [2.45, 2.75) is 20.0 Å². The zero-order valence-electron chi connectivity index (χ0n) is 13.0. The molecule has 2 rings (SSSR count). The molecule has 0 unspecified atom stereocenters. The van der Waals surface area contributed by atoms with Crippen LogP contribution in [0, 0.1) is 0 Å². The molecule has 8 heteroatoms. The first kappa shape index (κ1) is 18.4. The Morgan fingerprint density at radius 2 is 2.00 bits per heavy atom. The van der Waals surface area contributed by atoms with E-state index in [1.54, 1.807) is 12.3 Å². The quantitative estimate of drug-likeness (QED) is 0.492.